The van der Waals surface area contributed by atoms with Crippen LogP contribution in [0.2, 0.25) is 17.5 Å². The monoisotopic (exact) mass is 505 g/mol. The van der Waals surface area contributed by atoms with Crippen LogP contribution in [0.3, 0.4) is 0 Å². The second kappa shape index (κ2) is 13.8. The van der Waals surface area contributed by atoms with Gasteiger partial charge in [0.15, 0.2) is 5.81 Å². The third kappa shape index (κ3) is 7.84. The number of fused-ring (bicyclic) bond motifs is 3. The second-order valence-corrected chi connectivity index (χ2v) is 14.5. The van der Waals surface area contributed by atoms with E-state index in [2.05, 4.69) is 19.9 Å². The summed E-state index contributed by atoms with van der Waals surface area (Å²) in [6.07, 6.45) is 36.1. The van der Waals surface area contributed by atoms with Crippen molar-refractivity contribution in [2.45, 2.75) is 190 Å². The molecule has 6 rings (SSSR count). The lowest BCUT2D eigenvalue weighted by Crippen LogP contribution is -2.58. The van der Waals surface area contributed by atoms with Crippen LogP contribution in [0.4, 0.5) is 4.79 Å². The molecule has 1 amide bonds. The van der Waals surface area contributed by atoms with Crippen molar-refractivity contribution in [3.8, 4) is 0 Å². The molecule has 6 aliphatic rings. The Morgan fingerprint density at radius 1 is 0.514 bits per heavy atom. The minimum absolute atomic E-state index is 0.118. The normalized spacial score (nSPS) is 37.2. The number of hydrogen-bond acceptors (Lipinski definition) is 1. The highest BCUT2D eigenvalue weighted by Gasteiger charge is 2.52. The van der Waals surface area contributed by atoms with E-state index in [0.717, 1.165) is 17.6 Å². The molecule has 2 unspecified atom stereocenters. The Hall–Kier alpha value is -0.400. The number of nitrogens with one attached hydrogen (secondary N) is 1. The highest BCUT2D eigenvalue weighted by molar-refractivity contribution is 6.74. The van der Waals surface area contributed by atoms with Crippen LogP contribution in [0, 0.1) is 11.3 Å². The number of amides is 1. The highest BCUT2D eigenvalue weighted by Crippen LogP contribution is 2.58. The Balaban J connectivity index is 1.09. The highest BCUT2D eigenvalue weighted by atomic mass is 16.1. The molecule has 6 fully saturated rings. The fourth-order valence-corrected chi connectivity index (χ4v) is 9.56. The van der Waals surface area contributed by atoms with E-state index in [1.807, 2.05) is 0 Å². The van der Waals surface area contributed by atoms with Gasteiger partial charge in [0, 0.05) is 5.54 Å². The molecule has 2 radical (unpaired) electrons. The minimum atomic E-state index is 0.118. The van der Waals surface area contributed by atoms with E-state index in [4.69, 9.17) is 0 Å². The van der Waals surface area contributed by atoms with Gasteiger partial charge < -0.3 is 5.32 Å². The Morgan fingerprint density at radius 3 is 1.57 bits per heavy atom. The summed E-state index contributed by atoms with van der Waals surface area (Å²) in [6.45, 7) is 0. The fraction of sp³-hybridized carbons (Fsp3) is 0.970. The van der Waals surface area contributed by atoms with Crippen LogP contribution in [0.25, 0.3) is 0 Å². The van der Waals surface area contributed by atoms with Gasteiger partial charge in [-0.15, -0.1) is 0 Å². The summed E-state index contributed by atoms with van der Waals surface area (Å²) in [5, 5.41) is 3.61. The van der Waals surface area contributed by atoms with Gasteiger partial charge in [-0.2, -0.15) is 0 Å². The molecule has 0 aromatic carbocycles. The first kappa shape index (κ1) is 28.1. The Kier molecular flexibility index (Phi) is 10.5. The molecule has 2 nitrogen and oxygen atoms in total. The Morgan fingerprint density at radius 2 is 0.973 bits per heavy atom. The summed E-state index contributed by atoms with van der Waals surface area (Å²) in [7, 11) is 4.96. The standard InChI is InChI=1S/C33H57B2NO/c37-31(35-29-16-9-5-2-6-10-17-29)36-33-24-21-32(22-25-33,23-26-33)27-13-11-12-18-30(20-19-27)34-28-14-7-3-1-4-8-15-28/h27-30H,1-26H2,(H,36,37). The first-order chi connectivity index (χ1) is 18.1. The topological polar surface area (TPSA) is 29.1 Å². The molecule has 2 atom stereocenters. The average molecular weight is 505 g/mol. The summed E-state index contributed by atoms with van der Waals surface area (Å²) in [5.74, 6) is 3.52. The molecule has 2 bridgehead atoms. The van der Waals surface area contributed by atoms with Crippen LogP contribution in [0.5, 0.6) is 0 Å². The van der Waals surface area contributed by atoms with Crippen molar-refractivity contribution in [1.29, 1.82) is 0 Å². The van der Waals surface area contributed by atoms with Crippen molar-refractivity contribution in [3.63, 3.8) is 0 Å². The first-order valence-electron chi connectivity index (χ1n) is 17.2. The summed E-state index contributed by atoms with van der Waals surface area (Å²) in [5.41, 5.74) is 0.713. The molecule has 0 aliphatic heterocycles. The number of carbonyl (C=O) groups is 1. The van der Waals surface area contributed by atoms with Crippen LogP contribution in [0.15, 0.2) is 0 Å². The lowest BCUT2D eigenvalue weighted by Gasteiger charge is -2.57. The van der Waals surface area contributed by atoms with Gasteiger partial charge in [0.05, 0.1) is 0 Å². The zero-order chi connectivity index (χ0) is 25.4. The SMILES string of the molecule is O=C([B]C1CCCCCCC1)NC12CCC(C3CCCCC([B]C4CCCCCCC4)CC3)(CC1)CC2. The lowest BCUT2D eigenvalue weighted by atomic mass is 9.47. The van der Waals surface area contributed by atoms with E-state index in [1.165, 1.54) is 167 Å². The third-order valence-electron chi connectivity index (χ3n) is 12.1. The molecule has 0 aromatic heterocycles. The molecule has 6 saturated carbocycles. The van der Waals surface area contributed by atoms with Crippen molar-refractivity contribution >= 4 is 20.4 Å². The molecular weight excluding hydrogens is 448 g/mol. The molecular formula is C33H57B2NO. The molecule has 206 valence electrons. The molecule has 0 spiro atoms. The van der Waals surface area contributed by atoms with Crippen LogP contribution in [0.1, 0.15) is 167 Å². The number of carbonyl (C=O) groups excluding carboxylic acids is 1. The quantitative estimate of drug-likeness (QED) is 0.358. The van der Waals surface area contributed by atoms with Gasteiger partial charge in [0.25, 0.3) is 0 Å². The zero-order valence-corrected chi connectivity index (χ0v) is 24.3. The number of rotatable bonds is 6. The smallest absolute Gasteiger partial charge is 0.236 e. The van der Waals surface area contributed by atoms with E-state index < -0.39 is 0 Å². The van der Waals surface area contributed by atoms with Gasteiger partial charge in [0.1, 0.15) is 7.28 Å². The van der Waals surface area contributed by atoms with Crippen molar-refractivity contribution in [2.24, 2.45) is 11.3 Å². The summed E-state index contributed by atoms with van der Waals surface area (Å²) < 4.78 is 0. The predicted molar refractivity (Wildman–Crippen MR) is 160 cm³/mol. The minimum Gasteiger partial charge on any atom is -0.360 e. The fourth-order valence-electron chi connectivity index (χ4n) is 9.56. The van der Waals surface area contributed by atoms with Crippen LogP contribution in [-0.4, -0.2) is 25.9 Å². The van der Waals surface area contributed by atoms with Gasteiger partial charge in [-0.1, -0.05) is 139 Å². The third-order valence-corrected chi connectivity index (χ3v) is 12.1. The second-order valence-electron chi connectivity index (χ2n) is 14.5. The van der Waals surface area contributed by atoms with Crippen molar-refractivity contribution in [3.05, 3.63) is 0 Å². The molecule has 0 aromatic rings. The maximum atomic E-state index is 13.1. The molecule has 0 saturated heterocycles. The Bertz CT molecular complexity index is 670. The van der Waals surface area contributed by atoms with Crippen molar-refractivity contribution in [1.82, 2.24) is 5.32 Å². The summed E-state index contributed by atoms with van der Waals surface area (Å²) in [4.78, 5) is 13.1. The summed E-state index contributed by atoms with van der Waals surface area (Å²) in [6, 6.07) is 0. The lowest BCUT2D eigenvalue weighted by molar-refractivity contribution is -0.0246. The van der Waals surface area contributed by atoms with Gasteiger partial charge in [0.2, 0.25) is 7.28 Å². The average Bonchev–Trinajstić information content (AvgIpc) is 2.85. The molecule has 37 heavy (non-hydrogen) atoms. The van der Waals surface area contributed by atoms with Crippen molar-refractivity contribution < 1.29 is 4.79 Å². The largest absolute Gasteiger partial charge is 0.360 e. The number of hydrogen-bond donors (Lipinski definition) is 1. The van der Waals surface area contributed by atoms with E-state index in [9.17, 15) is 4.79 Å². The van der Waals surface area contributed by atoms with E-state index in [0.29, 0.717) is 11.2 Å². The van der Waals surface area contributed by atoms with E-state index in [-0.39, 0.29) is 11.3 Å². The maximum Gasteiger partial charge on any atom is 0.236 e. The van der Waals surface area contributed by atoms with Crippen LogP contribution >= 0.6 is 0 Å². The van der Waals surface area contributed by atoms with Gasteiger partial charge in [-0.05, 0) is 56.3 Å². The van der Waals surface area contributed by atoms with Crippen molar-refractivity contribution in [2.75, 3.05) is 0 Å². The predicted octanol–water partition coefficient (Wildman–Crippen LogP) is 10.0. The zero-order valence-electron chi connectivity index (χ0n) is 24.3. The molecule has 4 heteroatoms. The van der Waals surface area contributed by atoms with Gasteiger partial charge in [-0.3, -0.25) is 4.79 Å². The van der Waals surface area contributed by atoms with Gasteiger partial charge in [-0.25, -0.2) is 0 Å². The molecule has 6 aliphatic carbocycles. The van der Waals surface area contributed by atoms with Gasteiger partial charge >= 0.3 is 0 Å². The molecule has 1 N–H and O–H groups in total. The molecule has 0 heterocycles. The first-order valence-corrected chi connectivity index (χ1v) is 17.2. The van der Waals surface area contributed by atoms with Crippen LogP contribution < -0.4 is 5.32 Å². The maximum absolute atomic E-state index is 13.1. The van der Waals surface area contributed by atoms with E-state index in [1.54, 1.807) is 0 Å². The van der Waals surface area contributed by atoms with E-state index >= 15 is 0 Å². The Labute approximate surface area is 231 Å². The summed E-state index contributed by atoms with van der Waals surface area (Å²) >= 11 is 0. The van der Waals surface area contributed by atoms with Crippen LogP contribution in [-0.2, 0) is 0 Å².